The van der Waals surface area contributed by atoms with Gasteiger partial charge in [0.2, 0.25) is 0 Å². The molecule has 1 saturated carbocycles. The van der Waals surface area contributed by atoms with Crippen LogP contribution in [0.1, 0.15) is 101 Å². The fourth-order valence-electron chi connectivity index (χ4n) is 4.78. The van der Waals surface area contributed by atoms with Crippen molar-refractivity contribution in [3.63, 3.8) is 0 Å². The third kappa shape index (κ3) is 7.34. The lowest BCUT2D eigenvalue weighted by molar-refractivity contribution is 0.302. The summed E-state index contributed by atoms with van der Waals surface area (Å²) in [6.07, 6.45) is 14.9. The molecule has 2 aromatic rings. The van der Waals surface area contributed by atoms with Gasteiger partial charge in [0, 0.05) is 10.6 Å². The van der Waals surface area contributed by atoms with Crippen molar-refractivity contribution in [2.75, 3.05) is 0 Å². The maximum atomic E-state index is 6.69. The van der Waals surface area contributed by atoms with Gasteiger partial charge in [-0.3, -0.25) is 0 Å². The summed E-state index contributed by atoms with van der Waals surface area (Å²) in [6, 6.07) is 15.9. The molecule has 30 heavy (non-hydrogen) atoms. The summed E-state index contributed by atoms with van der Waals surface area (Å²) >= 11 is 8.54. The van der Waals surface area contributed by atoms with E-state index in [4.69, 9.17) is 11.6 Å². The molecule has 1 fully saturated rings. The zero-order chi connectivity index (χ0) is 21.2. The van der Waals surface area contributed by atoms with Gasteiger partial charge in [0.1, 0.15) is 0 Å². The molecule has 1 aliphatic rings. The van der Waals surface area contributed by atoms with E-state index in [1.54, 1.807) is 0 Å². The van der Waals surface area contributed by atoms with E-state index >= 15 is 0 Å². The van der Waals surface area contributed by atoms with E-state index in [9.17, 15) is 0 Å². The number of rotatable bonds is 11. The summed E-state index contributed by atoms with van der Waals surface area (Å²) in [5, 5.41) is 0.932. The van der Waals surface area contributed by atoms with Gasteiger partial charge in [-0.25, -0.2) is 0 Å². The van der Waals surface area contributed by atoms with Gasteiger partial charge >= 0.3 is 0 Å². The summed E-state index contributed by atoms with van der Waals surface area (Å²) in [5.74, 6) is 2.65. The van der Waals surface area contributed by atoms with E-state index in [0.29, 0.717) is 5.92 Å². The third-order valence-corrected chi connectivity index (χ3v) is 8.27. The minimum atomic E-state index is 0.708. The molecule has 3 rings (SSSR count). The molecule has 164 valence electrons. The predicted octanol–water partition coefficient (Wildman–Crippen LogP) is 9.83. The van der Waals surface area contributed by atoms with Crippen LogP contribution in [-0.4, -0.2) is 0 Å². The first-order chi connectivity index (χ1) is 14.7. The van der Waals surface area contributed by atoms with Crippen LogP contribution >= 0.6 is 23.4 Å². The lowest BCUT2D eigenvalue weighted by atomic mass is 9.77. The standard InChI is InChI=1S/C28H39ClS/c1-3-5-6-7-9-23-14-16-25(17-15-23)26-18-19-28(27(29)20-26)30-21-24-12-10-22(8-4-2)11-13-24/h10-13,18-20,23,25H,3-9,14-17,21H2,1-2H3. The number of halogens is 1. The maximum Gasteiger partial charge on any atom is 0.0544 e. The number of thioether (sulfide) groups is 1. The van der Waals surface area contributed by atoms with E-state index in [0.717, 1.165) is 16.7 Å². The van der Waals surface area contributed by atoms with E-state index in [1.165, 1.54) is 92.2 Å². The summed E-state index contributed by atoms with van der Waals surface area (Å²) in [5.41, 5.74) is 4.26. The Labute approximate surface area is 194 Å². The SMILES string of the molecule is CCCCCCC1CCC(c2ccc(SCc3ccc(CCC)cc3)c(Cl)c2)CC1. The number of unbranched alkanes of at least 4 members (excludes halogenated alkanes) is 3. The normalized spacial score (nSPS) is 19.2. The van der Waals surface area contributed by atoms with Gasteiger partial charge in [0.15, 0.2) is 0 Å². The van der Waals surface area contributed by atoms with Crippen LogP contribution < -0.4 is 0 Å². The van der Waals surface area contributed by atoms with Crippen LogP contribution in [0.15, 0.2) is 47.4 Å². The number of hydrogen-bond acceptors (Lipinski definition) is 1. The minimum Gasteiger partial charge on any atom is -0.120 e. The van der Waals surface area contributed by atoms with Crippen molar-refractivity contribution in [1.82, 2.24) is 0 Å². The monoisotopic (exact) mass is 442 g/mol. The lowest BCUT2D eigenvalue weighted by Crippen LogP contribution is -2.13. The van der Waals surface area contributed by atoms with Crippen molar-refractivity contribution in [3.8, 4) is 0 Å². The molecule has 1 aliphatic carbocycles. The number of hydrogen-bond donors (Lipinski definition) is 0. The van der Waals surface area contributed by atoms with Gasteiger partial charge in [0.25, 0.3) is 0 Å². The van der Waals surface area contributed by atoms with Crippen molar-refractivity contribution in [3.05, 3.63) is 64.2 Å². The van der Waals surface area contributed by atoms with Crippen molar-refractivity contribution in [1.29, 1.82) is 0 Å². The molecule has 0 aromatic heterocycles. The molecular formula is C28H39ClS. The van der Waals surface area contributed by atoms with E-state index < -0.39 is 0 Å². The Morgan fingerprint density at radius 2 is 1.57 bits per heavy atom. The second-order valence-corrected chi connectivity index (χ2v) is 10.5. The van der Waals surface area contributed by atoms with Crippen LogP contribution in [0.2, 0.25) is 5.02 Å². The molecule has 0 heterocycles. The molecule has 0 nitrogen and oxygen atoms in total. The Bertz CT molecular complexity index is 744. The third-order valence-electron chi connectivity index (χ3n) is 6.70. The molecule has 2 aromatic carbocycles. The maximum absolute atomic E-state index is 6.69. The first-order valence-corrected chi connectivity index (χ1v) is 13.6. The molecule has 2 heteroatoms. The van der Waals surface area contributed by atoms with E-state index in [1.807, 2.05) is 11.8 Å². The van der Waals surface area contributed by atoms with Gasteiger partial charge in [-0.2, -0.15) is 0 Å². The van der Waals surface area contributed by atoms with Gasteiger partial charge in [-0.15, -0.1) is 11.8 Å². The van der Waals surface area contributed by atoms with Gasteiger partial charge in [0.05, 0.1) is 5.02 Å². The molecule has 0 atom stereocenters. The summed E-state index contributed by atoms with van der Waals surface area (Å²) in [7, 11) is 0. The lowest BCUT2D eigenvalue weighted by Gasteiger charge is -2.29. The summed E-state index contributed by atoms with van der Waals surface area (Å²) in [6.45, 7) is 4.53. The van der Waals surface area contributed by atoms with Crippen molar-refractivity contribution in [2.45, 2.75) is 101 Å². The van der Waals surface area contributed by atoms with Gasteiger partial charge in [-0.1, -0.05) is 94.3 Å². The first kappa shape index (κ1) is 23.7. The average Bonchev–Trinajstić information content (AvgIpc) is 2.77. The quantitative estimate of drug-likeness (QED) is 0.246. The fourth-order valence-corrected chi connectivity index (χ4v) is 6.01. The first-order valence-electron chi connectivity index (χ1n) is 12.2. The topological polar surface area (TPSA) is 0 Å². The zero-order valence-corrected chi connectivity index (χ0v) is 20.5. The summed E-state index contributed by atoms with van der Waals surface area (Å²) < 4.78 is 0. The minimum absolute atomic E-state index is 0.708. The van der Waals surface area contributed by atoms with Crippen LogP contribution in [-0.2, 0) is 12.2 Å². The Morgan fingerprint density at radius 3 is 2.23 bits per heavy atom. The Hall–Kier alpha value is -0.920. The highest BCUT2D eigenvalue weighted by molar-refractivity contribution is 7.98. The van der Waals surface area contributed by atoms with Crippen molar-refractivity contribution < 1.29 is 0 Å². The highest BCUT2D eigenvalue weighted by Crippen LogP contribution is 2.40. The molecule has 0 spiro atoms. The molecular weight excluding hydrogens is 404 g/mol. The van der Waals surface area contributed by atoms with Crippen LogP contribution in [0.25, 0.3) is 0 Å². The van der Waals surface area contributed by atoms with Gasteiger partial charge in [-0.05, 0) is 72.8 Å². The van der Waals surface area contributed by atoms with E-state index in [-0.39, 0.29) is 0 Å². The number of aryl methyl sites for hydroxylation is 1. The zero-order valence-electron chi connectivity index (χ0n) is 19.0. The van der Waals surface area contributed by atoms with Gasteiger partial charge < -0.3 is 0 Å². The molecule has 0 saturated heterocycles. The van der Waals surface area contributed by atoms with Crippen LogP contribution in [0, 0.1) is 5.92 Å². The molecule has 0 N–H and O–H groups in total. The smallest absolute Gasteiger partial charge is 0.0544 e. The molecule has 0 unspecified atom stereocenters. The average molecular weight is 443 g/mol. The van der Waals surface area contributed by atoms with Crippen LogP contribution in [0.3, 0.4) is 0 Å². The highest BCUT2D eigenvalue weighted by Gasteiger charge is 2.22. The second kappa shape index (κ2) is 12.8. The largest absolute Gasteiger partial charge is 0.120 e. The molecule has 0 aliphatic heterocycles. The molecule has 0 amide bonds. The second-order valence-electron chi connectivity index (χ2n) is 9.11. The van der Waals surface area contributed by atoms with Crippen LogP contribution in [0.4, 0.5) is 0 Å². The van der Waals surface area contributed by atoms with Crippen LogP contribution in [0.5, 0.6) is 0 Å². The predicted molar refractivity (Wildman–Crippen MR) is 135 cm³/mol. The summed E-state index contributed by atoms with van der Waals surface area (Å²) in [4.78, 5) is 1.21. The number of benzene rings is 2. The van der Waals surface area contributed by atoms with Crippen molar-refractivity contribution in [2.24, 2.45) is 5.92 Å². The Kier molecular flexibility index (Phi) is 10.1. The molecule has 0 radical (unpaired) electrons. The Morgan fingerprint density at radius 1 is 0.833 bits per heavy atom. The van der Waals surface area contributed by atoms with E-state index in [2.05, 4.69) is 56.3 Å². The molecule has 0 bridgehead atoms. The van der Waals surface area contributed by atoms with Crippen molar-refractivity contribution >= 4 is 23.4 Å². The Balaban J connectivity index is 1.47. The fraction of sp³-hybridized carbons (Fsp3) is 0.571. The highest BCUT2D eigenvalue weighted by atomic mass is 35.5.